The minimum atomic E-state index is -0.535. The van der Waals surface area contributed by atoms with Crippen molar-refractivity contribution in [3.05, 3.63) is 33.3 Å². The predicted octanol–water partition coefficient (Wildman–Crippen LogP) is 3.06. The lowest BCUT2D eigenvalue weighted by atomic mass is 10.0. The molecule has 0 saturated carbocycles. The average molecular weight is 337 g/mol. The Labute approximate surface area is 119 Å². The van der Waals surface area contributed by atoms with E-state index in [1.54, 1.807) is 0 Å². The van der Waals surface area contributed by atoms with Crippen molar-refractivity contribution < 1.29 is 5.11 Å². The van der Waals surface area contributed by atoms with Crippen molar-refractivity contribution in [2.24, 2.45) is 0 Å². The first-order valence-corrected chi connectivity index (χ1v) is 7.86. The van der Waals surface area contributed by atoms with Gasteiger partial charge in [-0.15, -0.1) is 0 Å². The molecule has 2 N–H and O–H groups in total. The summed E-state index contributed by atoms with van der Waals surface area (Å²) in [6.45, 7) is 1.32. The number of halogens is 2. The minimum absolute atomic E-state index is 0.535. The maximum atomic E-state index is 10.2. The van der Waals surface area contributed by atoms with Crippen LogP contribution in [0.3, 0.4) is 0 Å². The van der Waals surface area contributed by atoms with Crippen LogP contribution in [0.15, 0.2) is 22.7 Å². The van der Waals surface area contributed by atoms with Gasteiger partial charge in [-0.1, -0.05) is 33.6 Å². The van der Waals surface area contributed by atoms with Gasteiger partial charge in [0.15, 0.2) is 0 Å². The second-order valence-electron chi connectivity index (χ2n) is 4.37. The lowest BCUT2D eigenvalue weighted by molar-refractivity contribution is 0.0675. The fraction of sp³-hybridized carbons (Fsp3) is 0.500. The predicted molar refractivity (Wildman–Crippen MR) is 77.8 cm³/mol. The molecule has 5 heteroatoms. The number of nitrogens with one attached hydrogen (secondary N) is 1. The molecular formula is C12H15BrClNOS. The Morgan fingerprint density at radius 2 is 2.35 bits per heavy atom. The highest BCUT2D eigenvalue weighted by molar-refractivity contribution is 9.10. The molecule has 1 saturated heterocycles. The molecule has 0 aromatic heterocycles. The van der Waals surface area contributed by atoms with Gasteiger partial charge in [-0.3, -0.25) is 0 Å². The van der Waals surface area contributed by atoms with Crippen molar-refractivity contribution in [2.75, 3.05) is 18.1 Å². The Bertz CT molecular complexity index is 396. The van der Waals surface area contributed by atoms with Gasteiger partial charge in [0.1, 0.15) is 0 Å². The standard InChI is InChI=1S/C12H15BrClNOS/c13-10-2-1-9(11(14)5-10)6-15-7-12(16)3-4-17-8-12/h1-2,5,15-16H,3-4,6-8H2. The molecule has 1 atom stereocenters. The second-order valence-corrected chi connectivity index (χ2v) is 6.79. The molecule has 1 unspecified atom stereocenters. The fourth-order valence-electron chi connectivity index (χ4n) is 1.83. The number of hydrogen-bond donors (Lipinski definition) is 2. The van der Waals surface area contributed by atoms with Gasteiger partial charge < -0.3 is 10.4 Å². The van der Waals surface area contributed by atoms with E-state index < -0.39 is 5.60 Å². The summed E-state index contributed by atoms with van der Waals surface area (Å²) in [6, 6.07) is 5.86. The third kappa shape index (κ3) is 3.86. The fourth-order valence-corrected chi connectivity index (χ4v) is 3.87. The molecule has 0 amide bonds. The summed E-state index contributed by atoms with van der Waals surface area (Å²) in [6.07, 6.45) is 0.874. The highest BCUT2D eigenvalue weighted by atomic mass is 79.9. The van der Waals surface area contributed by atoms with E-state index in [1.165, 1.54) is 0 Å². The zero-order chi connectivity index (χ0) is 12.3. The van der Waals surface area contributed by atoms with E-state index in [4.69, 9.17) is 11.6 Å². The van der Waals surface area contributed by atoms with Crippen LogP contribution in [0.25, 0.3) is 0 Å². The Kier molecular flexibility index (Phi) is 4.78. The summed E-state index contributed by atoms with van der Waals surface area (Å²) >= 11 is 11.3. The molecule has 1 fully saturated rings. The Balaban J connectivity index is 1.85. The van der Waals surface area contributed by atoms with Crippen LogP contribution in [0.2, 0.25) is 5.02 Å². The third-order valence-corrected chi connectivity index (χ3v) is 4.95. The molecule has 0 radical (unpaired) electrons. The molecule has 0 bridgehead atoms. The minimum Gasteiger partial charge on any atom is -0.388 e. The molecule has 94 valence electrons. The van der Waals surface area contributed by atoms with E-state index in [0.29, 0.717) is 13.1 Å². The number of thioether (sulfide) groups is 1. The monoisotopic (exact) mass is 335 g/mol. The van der Waals surface area contributed by atoms with E-state index in [0.717, 1.165) is 33.0 Å². The first kappa shape index (κ1) is 13.7. The summed E-state index contributed by atoms with van der Waals surface area (Å²) in [5.41, 5.74) is 0.524. The molecular weight excluding hydrogens is 322 g/mol. The maximum absolute atomic E-state index is 10.2. The molecule has 0 aliphatic carbocycles. The van der Waals surface area contributed by atoms with Gasteiger partial charge in [-0.25, -0.2) is 0 Å². The first-order chi connectivity index (χ1) is 8.09. The van der Waals surface area contributed by atoms with Crippen LogP contribution < -0.4 is 5.32 Å². The van der Waals surface area contributed by atoms with Crippen molar-refractivity contribution in [1.29, 1.82) is 0 Å². The Morgan fingerprint density at radius 1 is 1.53 bits per heavy atom. The van der Waals surface area contributed by atoms with Gasteiger partial charge in [0.05, 0.1) is 5.60 Å². The lowest BCUT2D eigenvalue weighted by Crippen LogP contribution is -2.40. The van der Waals surface area contributed by atoms with Crippen LogP contribution in [-0.4, -0.2) is 28.8 Å². The zero-order valence-corrected chi connectivity index (χ0v) is 12.5. The van der Waals surface area contributed by atoms with Gasteiger partial charge in [0.2, 0.25) is 0 Å². The van der Waals surface area contributed by atoms with Gasteiger partial charge in [-0.05, 0) is 29.9 Å². The molecule has 17 heavy (non-hydrogen) atoms. The summed E-state index contributed by atoms with van der Waals surface area (Å²) in [7, 11) is 0. The highest BCUT2D eigenvalue weighted by Crippen LogP contribution is 2.27. The van der Waals surface area contributed by atoms with E-state index in [1.807, 2.05) is 30.0 Å². The van der Waals surface area contributed by atoms with Crippen LogP contribution in [0.1, 0.15) is 12.0 Å². The van der Waals surface area contributed by atoms with Gasteiger partial charge in [-0.2, -0.15) is 11.8 Å². The van der Waals surface area contributed by atoms with Crippen LogP contribution in [0, 0.1) is 0 Å². The molecule has 1 heterocycles. The van der Waals surface area contributed by atoms with E-state index in [9.17, 15) is 5.11 Å². The Morgan fingerprint density at radius 3 is 3.00 bits per heavy atom. The lowest BCUT2D eigenvalue weighted by Gasteiger charge is -2.21. The van der Waals surface area contributed by atoms with Crippen LogP contribution in [0.5, 0.6) is 0 Å². The van der Waals surface area contributed by atoms with Crippen molar-refractivity contribution in [1.82, 2.24) is 5.32 Å². The molecule has 0 spiro atoms. The van der Waals surface area contributed by atoms with E-state index >= 15 is 0 Å². The molecule has 1 aliphatic rings. The van der Waals surface area contributed by atoms with Crippen molar-refractivity contribution in [2.45, 2.75) is 18.6 Å². The smallest absolute Gasteiger partial charge is 0.0869 e. The number of benzene rings is 1. The van der Waals surface area contributed by atoms with Gasteiger partial charge in [0, 0.05) is 28.3 Å². The van der Waals surface area contributed by atoms with Crippen LogP contribution in [0.4, 0.5) is 0 Å². The Hall–Kier alpha value is 0.260. The van der Waals surface area contributed by atoms with E-state index in [-0.39, 0.29) is 0 Å². The van der Waals surface area contributed by atoms with Crippen molar-refractivity contribution >= 4 is 39.3 Å². The third-order valence-electron chi connectivity index (χ3n) is 2.87. The van der Waals surface area contributed by atoms with Crippen LogP contribution in [-0.2, 0) is 6.54 Å². The van der Waals surface area contributed by atoms with Crippen molar-refractivity contribution in [3.8, 4) is 0 Å². The quantitative estimate of drug-likeness (QED) is 0.886. The first-order valence-electron chi connectivity index (χ1n) is 5.54. The van der Waals surface area contributed by atoms with Gasteiger partial charge >= 0.3 is 0 Å². The normalized spacial score (nSPS) is 24.2. The van der Waals surface area contributed by atoms with E-state index in [2.05, 4.69) is 21.2 Å². The maximum Gasteiger partial charge on any atom is 0.0869 e. The summed E-state index contributed by atoms with van der Waals surface area (Å²) < 4.78 is 0.983. The zero-order valence-electron chi connectivity index (χ0n) is 9.38. The second kappa shape index (κ2) is 5.93. The number of rotatable bonds is 4. The number of aliphatic hydroxyl groups is 1. The summed E-state index contributed by atoms with van der Waals surface area (Å²) in [4.78, 5) is 0. The molecule has 1 aromatic rings. The average Bonchev–Trinajstić information content (AvgIpc) is 2.69. The summed E-state index contributed by atoms with van der Waals surface area (Å²) in [5.74, 6) is 1.88. The van der Waals surface area contributed by atoms with Crippen molar-refractivity contribution in [3.63, 3.8) is 0 Å². The van der Waals surface area contributed by atoms with Gasteiger partial charge in [0.25, 0.3) is 0 Å². The number of hydrogen-bond acceptors (Lipinski definition) is 3. The molecule has 2 rings (SSSR count). The topological polar surface area (TPSA) is 32.3 Å². The molecule has 2 nitrogen and oxygen atoms in total. The molecule has 1 aliphatic heterocycles. The summed E-state index contributed by atoms with van der Waals surface area (Å²) in [5, 5.41) is 14.2. The van der Waals surface area contributed by atoms with Crippen LogP contribution >= 0.6 is 39.3 Å². The highest BCUT2D eigenvalue weighted by Gasteiger charge is 2.30. The molecule has 1 aromatic carbocycles. The SMILES string of the molecule is OC1(CNCc2ccc(Br)cc2Cl)CCSC1. The largest absolute Gasteiger partial charge is 0.388 e.